The molecular formula is C10H12N4O2. The SMILES string of the molecule is CC(C)(C)OC(=O)n1cnc2ncnc-2c1. The van der Waals surface area contributed by atoms with Gasteiger partial charge < -0.3 is 4.74 Å². The predicted molar refractivity (Wildman–Crippen MR) is 56.1 cm³/mol. The summed E-state index contributed by atoms with van der Waals surface area (Å²) in [5, 5.41) is 0. The highest BCUT2D eigenvalue weighted by molar-refractivity contribution is 5.71. The number of carbonyl (C=O) groups is 1. The minimum atomic E-state index is -0.531. The van der Waals surface area contributed by atoms with Crippen LogP contribution in [0.3, 0.4) is 0 Å². The van der Waals surface area contributed by atoms with E-state index >= 15 is 0 Å². The van der Waals surface area contributed by atoms with E-state index in [-0.39, 0.29) is 0 Å². The molecule has 0 N–H and O–H groups in total. The third-order valence-corrected chi connectivity index (χ3v) is 1.78. The van der Waals surface area contributed by atoms with Gasteiger partial charge in [-0.3, -0.25) is 0 Å². The lowest BCUT2D eigenvalue weighted by Crippen LogP contribution is -2.27. The van der Waals surface area contributed by atoms with Gasteiger partial charge in [0.15, 0.2) is 5.82 Å². The van der Waals surface area contributed by atoms with E-state index in [2.05, 4.69) is 15.0 Å². The summed E-state index contributed by atoms with van der Waals surface area (Å²) >= 11 is 0. The minimum absolute atomic E-state index is 0.482. The second-order valence-corrected chi connectivity index (χ2v) is 4.34. The summed E-state index contributed by atoms with van der Waals surface area (Å²) in [5.41, 5.74) is 0.0323. The average Bonchev–Trinajstić information content (AvgIpc) is 2.61. The molecule has 2 heterocycles. The molecule has 0 aromatic heterocycles. The highest BCUT2D eigenvalue weighted by atomic mass is 16.6. The number of aromatic nitrogens is 4. The van der Waals surface area contributed by atoms with Crippen LogP contribution in [0.2, 0.25) is 0 Å². The average molecular weight is 220 g/mol. The number of rotatable bonds is 0. The molecule has 0 aliphatic carbocycles. The molecule has 84 valence electrons. The van der Waals surface area contributed by atoms with Gasteiger partial charge in [0.2, 0.25) is 0 Å². The van der Waals surface area contributed by atoms with Crippen LogP contribution in [0.4, 0.5) is 4.79 Å². The Hall–Kier alpha value is -1.98. The maximum Gasteiger partial charge on any atom is 0.419 e. The van der Waals surface area contributed by atoms with E-state index in [0.29, 0.717) is 11.5 Å². The Morgan fingerprint density at radius 3 is 2.75 bits per heavy atom. The lowest BCUT2D eigenvalue weighted by molar-refractivity contribution is 0.0534. The third kappa shape index (κ3) is 2.16. The van der Waals surface area contributed by atoms with E-state index in [1.54, 1.807) is 27.0 Å². The number of nitrogens with zero attached hydrogens (tertiary/aromatic N) is 4. The Balaban J connectivity index is 2.27. The smallest absolute Gasteiger partial charge is 0.419 e. The van der Waals surface area contributed by atoms with Gasteiger partial charge >= 0.3 is 6.09 Å². The van der Waals surface area contributed by atoms with Crippen molar-refractivity contribution in [1.82, 2.24) is 19.5 Å². The summed E-state index contributed by atoms with van der Waals surface area (Å²) in [6, 6.07) is 0. The molecule has 2 aliphatic heterocycles. The van der Waals surface area contributed by atoms with Crippen molar-refractivity contribution in [3.05, 3.63) is 18.9 Å². The fourth-order valence-corrected chi connectivity index (χ4v) is 1.16. The molecule has 6 nitrogen and oxygen atoms in total. The van der Waals surface area contributed by atoms with Crippen LogP contribution in [-0.2, 0) is 4.74 Å². The van der Waals surface area contributed by atoms with Gasteiger partial charge in [0.1, 0.15) is 23.9 Å². The van der Waals surface area contributed by atoms with Crippen molar-refractivity contribution in [1.29, 1.82) is 0 Å². The Morgan fingerprint density at radius 2 is 2.06 bits per heavy atom. The summed E-state index contributed by atoms with van der Waals surface area (Å²) in [6.07, 6.45) is 3.83. The molecule has 0 saturated carbocycles. The van der Waals surface area contributed by atoms with E-state index in [1.165, 1.54) is 17.2 Å². The Bertz CT molecular complexity index is 486. The van der Waals surface area contributed by atoms with Gasteiger partial charge in [0.05, 0.1) is 0 Å². The Morgan fingerprint density at radius 1 is 1.31 bits per heavy atom. The lowest BCUT2D eigenvalue weighted by Gasteiger charge is -2.19. The van der Waals surface area contributed by atoms with Gasteiger partial charge in [-0.15, -0.1) is 0 Å². The number of ether oxygens (including phenoxy) is 1. The molecule has 0 aromatic rings. The van der Waals surface area contributed by atoms with Crippen LogP contribution in [0.1, 0.15) is 20.8 Å². The van der Waals surface area contributed by atoms with Crippen LogP contribution in [-0.4, -0.2) is 31.2 Å². The van der Waals surface area contributed by atoms with Crippen LogP contribution in [0.25, 0.3) is 11.5 Å². The predicted octanol–water partition coefficient (Wildman–Crippen LogP) is 1.56. The molecule has 0 amide bonds. The summed E-state index contributed by atoms with van der Waals surface area (Å²) in [6.45, 7) is 5.42. The van der Waals surface area contributed by atoms with Gasteiger partial charge in [-0.1, -0.05) is 0 Å². The summed E-state index contributed by atoms with van der Waals surface area (Å²) in [5.74, 6) is 0.514. The minimum Gasteiger partial charge on any atom is -0.443 e. The maximum atomic E-state index is 11.7. The van der Waals surface area contributed by atoms with Crippen molar-refractivity contribution in [2.24, 2.45) is 0 Å². The summed E-state index contributed by atoms with van der Waals surface area (Å²) < 4.78 is 6.44. The largest absolute Gasteiger partial charge is 0.443 e. The molecule has 0 saturated heterocycles. The standard InChI is InChI=1S/C10H12N4O2/c1-10(2,3)16-9(15)14-4-7-8(13-6-14)12-5-11-7/h4-6H,1-3H3. The van der Waals surface area contributed by atoms with Crippen molar-refractivity contribution in [2.45, 2.75) is 26.4 Å². The molecule has 2 aliphatic rings. The number of carbonyl (C=O) groups excluding carboxylic acids is 1. The van der Waals surface area contributed by atoms with Crippen molar-refractivity contribution in [2.75, 3.05) is 0 Å². The fraction of sp³-hybridized carbons (Fsp3) is 0.400. The molecule has 0 radical (unpaired) electrons. The molecule has 0 unspecified atom stereocenters. The van der Waals surface area contributed by atoms with Gasteiger partial charge in [-0.25, -0.2) is 24.3 Å². The molecule has 0 fully saturated rings. The van der Waals surface area contributed by atoms with Gasteiger partial charge in [-0.05, 0) is 20.8 Å². The molecule has 2 rings (SSSR count). The first-order valence-corrected chi connectivity index (χ1v) is 4.84. The van der Waals surface area contributed by atoms with E-state index in [9.17, 15) is 4.79 Å². The number of hydrogen-bond donors (Lipinski definition) is 0. The summed E-state index contributed by atoms with van der Waals surface area (Å²) in [7, 11) is 0. The Labute approximate surface area is 92.6 Å². The first-order chi connectivity index (χ1) is 7.46. The van der Waals surface area contributed by atoms with E-state index in [0.717, 1.165) is 0 Å². The van der Waals surface area contributed by atoms with Crippen molar-refractivity contribution in [3.8, 4) is 11.5 Å². The fourth-order valence-electron chi connectivity index (χ4n) is 1.16. The molecule has 0 bridgehead atoms. The van der Waals surface area contributed by atoms with E-state index in [1.807, 2.05) is 0 Å². The number of imidazole rings is 1. The molecule has 0 atom stereocenters. The molecular weight excluding hydrogens is 208 g/mol. The van der Waals surface area contributed by atoms with E-state index < -0.39 is 11.7 Å². The normalized spacial score (nSPS) is 11.7. The molecule has 6 heteroatoms. The Kier molecular flexibility index (Phi) is 2.34. The zero-order chi connectivity index (χ0) is 11.8. The zero-order valence-electron chi connectivity index (χ0n) is 9.34. The molecule has 0 aromatic carbocycles. The maximum absolute atomic E-state index is 11.7. The van der Waals surface area contributed by atoms with Crippen molar-refractivity contribution < 1.29 is 9.53 Å². The molecule has 0 spiro atoms. The quantitative estimate of drug-likeness (QED) is 0.673. The monoisotopic (exact) mass is 220 g/mol. The summed E-state index contributed by atoms with van der Waals surface area (Å²) in [4.78, 5) is 23.5. The zero-order valence-corrected chi connectivity index (χ0v) is 9.34. The van der Waals surface area contributed by atoms with Crippen molar-refractivity contribution >= 4 is 6.09 Å². The lowest BCUT2D eigenvalue weighted by atomic mass is 10.2. The second kappa shape index (κ2) is 3.55. The topological polar surface area (TPSA) is 69.9 Å². The van der Waals surface area contributed by atoms with E-state index in [4.69, 9.17) is 4.74 Å². The highest BCUT2D eigenvalue weighted by Gasteiger charge is 2.18. The number of hydrogen-bond acceptors (Lipinski definition) is 5. The van der Waals surface area contributed by atoms with Crippen LogP contribution in [0, 0.1) is 0 Å². The number of fused-ring (bicyclic) bond motifs is 1. The van der Waals surface area contributed by atoms with Crippen LogP contribution in [0.15, 0.2) is 18.9 Å². The first kappa shape index (κ1) is 10.5. The van der Waals surface area contributed by atoms with Crippen LogP contribution in [0.5, 0.6) is 0 Å². The van der Waals surface area contributed by atoms with Crippen molar-refractivity contribution in [3.63, 3.8) is 0 Å². The molecule has 16 heavy (non-hydrogen) atoms. The van der Waals surface area contributed by atoms with Crippen LogP contribution >= 0.6 is 0 Å². The highest BCUT2D eigenvalue weighted by Crippen LogP contribution is 2.13. The van der Waals surface area contributed by atoms with Gasteiger partial charge in [0.25, 0.3) is 0 Å². The second-order valence-electron chi connectivity index (χ2n) is 4.34. The van der Waals surface area contributed by atoms with Crippen LogP contribution < -0.4 is 0 Å². The first-order valence-electron chi connectivity index (χ1n) is 4.84. The van der Waals surface area contributed by atoms with Gasteiger partial charge in [-0.2, -0.15) is 0 Å². The van der Waals surface area contributed by atoms with Gasteiger partial charge in [0, 0.05) is 6.20 Å². The third-order valence-electron chi connectivity index (χ3n) is 1.78.